The van der Waals surface area contributed by atoms with Crippen LogP contribution in [-0.2, 0) is 0 Å². The Morgan fingerprint density at radius 1 is 1.29 bits per heavy atom. The zero-order valence-electron chi connectivity index (χ0n) is 18.8. The summed E-state index contributed by atoms with van der Waals surface area (Å²) < 4.78 is 2.61. The fraction of sp³-hybridized carbons (Fsp3) is 0.455. The van der Waals surface area contributed by atoms with E-state index in [2.05, 4.69) is 35.0 Å². The summed E-state index contributed by atoms with van der Waals surface area (Å²) in [5.41, 5.74) is 2.24. The fourth-order valence-electron chi connectivity index (χ4n) is 4.50. The van der Waals surface area contributed by atoms with Crippen LogP contribution >= 0.6 is 22.9 Å². The lowest BCUT2D eigenvalue weighted by Crippen LogP contribution is -2.39. The smallest absolute Gasteiger partial charge is 0.280 e. The highest BCUT2D eigenvalue weighted by Crippen LogP contribution is 2.36. The minimum atomic E-state index is -0.728. The average molecular weight is 501 g/mol. The average Bonchev–Trinajstić information content (AvgIpc) is 3.57. The number of aromatic amines is 1. The van der Waals surface area contributed by atoms with Crippen LogP contribution in [0.3, 0.4) is 0 Å². The van der Waals surface area contributed by atoms with Crippen molar-refractivity contribution in [3.8, 4) is 11.5 Å². The molecule has 5 rings (SSSR count). The monoisotopic (exact) mass is 500 g/mol. The number of nitrogens with zero attached hydrogens (tertiary/aromatic N) is 6. The van der Waals surface area contributed by atoms with Crippen molar-refractivity contribution >= 4 is 39.9 Å². The van der Waals surface area contributed by atoms with Crippen LogP contribution in [0.4, 0.5) is 0 Å². The molecule has 1 amide bonds. The van der Waals surface area contributed by atoms with Gasteiger partial charge in [-0.05, 0) is 37.7 Å². The third-order valence-electron chi connectivity index (χ3n) is 6.18. The number of thiazole rings is 1. The van der Waals surface area contributed by atoms with Gasteiger partial charge in [-0.2, -0.15) is 5.10 Å². The number of pyridine rings is 1. The van der Waals surface area contributed by atoms with Gasteiger partial charge in [0.15, 0.2) is 10.8 Å². The number of aliphatic hydroxyl groups excluding tert-OH is 1. The molecular weight excluding hydrogens is 476 g/mol. The van der Waals surface area contributed by atoms with Gasteiger partial charge in [0, 0.05) is 12.1 Å². The first-order valence-electron chi connectivity index (χ1n) is 11.2. The second-order valence-electron chi connectivity index (χ2n) is 8.88. The summed E-state index contributed by atoms with van der Waals surface area (Å²) >= 11 is 7.11. The zero-order valence-corrected chi connectivity index (χ0v) is 20.3. The van der Waals surface area contributed by atoms with E-state index in [0.717, 1.165) is 24.8 Å². The Balaban J connectivity index is 1.49. The normalized spacial score (nSPS) is 19.6. The summed E-state index contributed by atoms with van der Waals surface area (Å²) in [5.74, 6) is 0.963. The number of aromatic nitrogens is 7. The van der Waals surface area contributed by atoms with E-state index in [1.165, 1.54) is 23.9 Å². The van der Waals surface area contributed by atoms with Crippen molar-refractivity contribution in [1.82, 2.24) is 40.0 Å². The highest BCUT2D eigenvalue weighted by atomic mass is 35.5. The minimum Gasteiger partial charge on any atom is -0.385 e. The molecule has 1 saturated carbocycles. The SMILES string of the molecule is CC(C)C(O)c1nc2cnc(-c3ncn[nH]3)cc2n1[C@@H]1CCCC(NC(=O)c2ncc(Cl)s2)C1. The minimum absolute atomic E-state index is 0.00833. The van der Waals surface area contributed by atoms with Gasteiger partial charge in [-0.1, -0.05) is 36.8 Å². The molecule has 0 spiro atoms. The zero-order chi connectivity index (χ0) is 23.8. The number of H-pyrrole nitrogens is 1. The number of hydrogen-bond donors (Lipinski definition) is 3. The van der Waals surface area contributed by atoms with Gasteiger partial charge in [0.25, 0.3) is 5.91 Å². The highest BCUT2D eigenvalue weighted by molar-refractivity contribution is 7.17. The molecule has 3 N–H and O–H groups in total. The van der Waals surface area contributed by atoms with Gasteiger partial charge >= 0.3 is 0 Å². The van der Waals surface area contributed by atoms with Crippen molar-refractivity contribution in [1.29, 1.82) is 0 Å². The molecule has 10 nitrogen and oxygen atoms in total. The van der Waals surface area contributed by atoms with Crippen LogP contribution < -0.4 is 5.32 Å². The second kappa shape index (κ2) is 9.40. The molecule has 1 aliphatic carbocycles. The molecule has 12 heteroatoms. The first kappa shape index (κ1) is 22.9. The molecule has 34 heavy (non-hydrogen) atoms. The molecular formula is C22H25ClN8O2S. The van der Waals surface area contributed by atoms with Crippen molar-refractivity contribution < 1.29 is 9.90 Å². The second-order valence-corrected chi connectivity index (χ2v) is 10.5. The third-order valence-corrected chi connectivity index (χ3v) is 7.29. The van der Waals surface area contributed by atoms with Gasteiger partial charge in [-0.3, -0.25) is 14.9 Å². The lowest BCUT2D eigenvalue weighted by Gasteiger charge is -2.32. The van der Waals surface area contributed by atoms with E-state index in [9.17, 15) is 9.90 Å². The largest absolute Gasteiger partial charge is 0.385 e. The predicted molar refractivity (Wildman–Crippen MR) is 129 cm³/mol. The first-order chi connectivity index (χ1) is 16.4. The van der Waals surface area contributed by atoms with E-state index in [0.29, 0.717) is 38.6 Å². The lowest BCUT2D eigenvalue weighted by molar-refractivity contribution is 0.0912. The molecule has 3 atom stereocenters. The Morgan fingerprint density at radius 2 is 2.15 bits per heavy atom. The van der Waals surface area contributed by atoms with Crippen LogP contribution in [0.2, 0.25) is 4.34 Å². The Kier molecular flexibility index (Phi) is 6.32. The molecule has 2 unspecified atom stereocenters. The van der Waals surface area contributed by atoms with Gasteiger partial charge in [0.2, 0.25) is 0 Å². The Labute approximate surface area is 204 Å². The molecule has 4 aromatic rings. The fourth-order valence-corrected chi connectivity index (χ4v) is 5.32. The number of hydrogen-bond acceptors (Lipinski definition) is 8. The van der Waals surface area contributed by atoms with Crippen molar-refractivity contribution in [3.05, 3.63) is 40.0 Å². The molecule has 0 bridgehead atoms. The quantitative estimate of drug-likeness (QED) is 0.365. The van der Waals surface area contributed by atoms with Crippen molar-refractivity contribution in [2.24, 2.45) is 5.92 Å². The van der Waals surface area contributed by atoms with E-state index < -0.39 is 6.10 Å². The van der Waals surface area contributed by atoms with Gasteiger partial charge in [0.05, 0.1) is 17.9 Å². The van der Waals surface area contributed by atoms with Gasteiger partial charge in [-0.15, -0.1) is 0 Å². The number of halogens is 1. The van der Waals surface area contributed by atoms with Crippen LogP contribution in [0.1, 0.15) is 67.3 Å². The summed E-state index contributed by atoms with van der Waals surface area (Å²) in [6.07, 6.45) is 7.35. The van der Waals surface area contributed by atoms with Crippen LogP contribution in [0.5, 0.6) is 0 Å². The summed E-state index contributed by atoms with van der Waals surface area (Å²) in [4.78, 5) is 30.2. The summed E-state index contributed by atoms with van der Waals surface area (Å²) in [6.45, 7) is 3.94. The lowest BCUT2D eigenvalue weighted by atomic mass is 9.90. The Bertz CT molecular complexity index is 1300. The van der Waals surface area contributed by atoms with Gasteiger partial charge in [-0.25, -0.2) is 15.0 Å². The maximum absolute atomic E-state index is 12.7. The molecule has 4 heterocycles. The molecule has 178 valence electrons. The van der Waals surface area contributed by atoms with Gasteiger partial charge in [0.1, 0.15) is 33.8 Å². The maximum Gasteiger partial charge on any atom is 0.280 e. The summed E-state index contributed by atoms with van der Waals surface area (Å²) in [7, 11) is 0. The van der Waals surface area contributed by atoms with Gasteiger partial charge < -0.3 is 15.0 Å². The number of amides is 1. The van der Waals surface area contributed by atoms with Crippen molar-refractivity contribution in [2.75, 3.05) is 0 Å². The van der Waals surface area contributed by atoms with E-state index in [4.69, 9.17) is 16.6 Å². The summed E-state index contributed by atoms with van der Waals surface area (Å²) in [6, 6.07) is 1.96. The van der Waals surface area contributed by atoms with Crippen LogP contribution in [0.15, 0.2) is 24.8 Å². The summed E-state index contributed by atoms with van der Waals surface area (Å²) in [5, 5.41) is 21.2. The van der Waals surface area contributed by atoms with Crippen LogP contribution in [-0.4, -0.2) is 51.8 Å². The standard InChI is InChI=1S/C22H25ClN8O2S/c1-11(2)18(32)20-29-15-8-24-14(19-26-10-27-30-19)7-16(15)31(20)13-5-3-4-12(6-13)28-21(33)22-25-9-17(23)34-22/h7-13,18,32H,3-6H2,1-2H3,(H,28,33)(H,26,27,30)/t12?,13-,18?/m1/s1. The molecule has 1 fully saturated rings. The van der Waals surface area contributed by atoms with E-state index >= 15 is 0 Å². The van der Waals surface area contributed by atoms with Crippen molar-refractivity contribution in [3.63, 3.8) is 0 Å². The molecule has 0 aromatic carbocycles. The van der Waals surface area contributed by atoms with Crippen molar-refractivity contribution in [2.45, 2.75) is 57.7 Å². The first-order valence-corrected chi connectivity index (χ1v) is 12.4. The van der Waals surface area contributed by atoms with E-state index in [1.807, 2.05) is 19.9 Å². The molecule has 4 aromatic heterocycles. The highest BCUT2D eigenvalue weighted by Gasteiger charge is 2.31. The molecule has 0 aliphatic heterocycles. The number of nitrogens with one attached hydrogen (secondary N) is 2. The maximum atomic E-state index is 12.7. The third kappa shape index (κ3) is 4.42. The van der Waals surface area contributed by atoms with Crippen LogP contribution in [0.25, 0.3) is 22.6 Å². The van der Waals surface area contributed by atoms with E-state index in [1.54, 1.807) is 6.20 Å². The molecule has 0 radical (unpaired) electrons. The topological polar surface area (TPSA) is 134 Å². The van der Waals surface area contributed by atoms with Crippen LogP contribution in [0, 0.1) is 5.92 Å². The Hall–Kier alpha value is -2.89. The number of imidazole rings is 1. The Morgan fingerprint density at radius 3 is 2.85 bits per heavy atom. The predicted octanol–water partition coefficient (Wildman–Crippen LogP) is 3.93. The molecule has 1 aliphatic rings. The number of aliphatic hydroxyl groups is 1. The number of fused-ring (bicyclic) bond motifs is 1. The number of carbonyl (C=O) groups is 1. The number of carbonyl (C=O) groups excluding carboxylic acids is 1. The molecule has 0 saturated heterocycles. The number of rotatable bonds is 6. The van der Waals surface area contributed by atoms with E-state index in [-0.39, 0.29) is 23.9 Å².